The quantitative estimate of drug-likeness (QED) is 0.534. The van der Waals surface area contributed by atoms with E-state index in [9.17, 15) is 0 Å². The van der Waals surface area contributed by atoms with Crippen LogP contribution < -0.4 is 16.0 Å². The van der Waals surface area contributed by atoms with Crippen LogP contribution in [0.4, 0.5) is 0 Å². The van der Waals surface area contributed by atoms with E-state index in [2.05, 4.69) is 72.9 Å². The van der Waals surface area contributed by atoms with Crippen molar-refractivity contribution in [2.45, 2.75) is 45.7 Å². The third kappa shape index (κ3) is 6.63. The topological polar surface area (TPSA) is 48.5 Å². The summed E-state index contributed by atoms with van der Waals surface area (Å²) in [5.74, 6) is 0.860. The molecule has 3 N–H and O–H groups in total. The number of hydrogen-bond donors (Lipinski definition) is 3. The van der Waals surface area contributed by atoms with Gasteiger partial charge in [-0.1, -0.05) is 37.3 Å². The predicted molar refractivity (Wildman–Crippen MR) is 91.7 cm³/mol. The van der Waals surface area contributed by atoms with Crippen LogP contribution in [0.2, 0.25) is 0 Å². The first-order valence-electron chi connectivity index (χ1n) is 7.75. The number of rotatable bonds is 7. The van der Waals surface area contributed by atoms with Crippen LogP contribution in [0.1, 0.15) is 45.7 Å². The van der Waals surface area contributed by atoms with Crippen LogP contribution in [0.3, 0.4) is 0 Å². The molecule has 1 unspecified atom stereocenters. The van der Waals surface area contributed by atoms with Crippen molar-refractivity contribution in [1.29, 1.82) is 0 Å². The van der Waals surface area contributed by atoms with Gasteiger partial charge in [0.2, 0.25) is 0 Å². The maximum atomic E-state index is 4.23. The normalized spacial score (nSPS) is 13.9. The van der Waals surface area contributed by atoms with Gasteiger partial charge in [0.1, 0.15) is 0 Å². The Hall–Kier alpha value is -1.55. The molecule has 4 nitrogen and oxygen atoms in total. The maximum Gasteiger partial charge on any atom is 0.191 e. The van der Waals surface area contributed by atoms with Gasteiger partial charge in [-0.3, -0.25) is 4.99 Å². The second kappa shape index (κ2) is 8.67. The van der Waals surface area contributed by atoms with E-state index in [1.54, 1.807) is 7.05 Å². The summed E-state index contributed by atoms with van der Waals surface area (Å²) in [5, 5.41) is 10.3. The highest BCUT2D eigenvalue weighted by molar-refractivity contribution is 5.79. The molecule has 118 valence electrons. The first-order valence-corrected chi connectivity index (χ1v) is 7.75. The number of nitrogens with one attached hydrogen (secondary N) is 3. The van der Waals surface area contributed by atoms with Crippen molar-refractivity contribution in [2.24, 2.45) is 4.99 Å². The van der Waals surface area contributed by atoms with Gasteiger partial charge in [-0.25, -0.2) is 0 Å². The molecular formula is C17H30N4. The number of hydrogen-bond acceptors (Lipinski definition) is 2. The molecule has 0 saturated carbocycles. The summed E-state index contributed by atoms with van der Waals surface area (Å²) < 4.78 is 0. The average Bonchev–Trinajstić information content (AvgIpc) is 2.48. The summed E-state index contributed by atoms with van der Waals surface area (Å²) in [6.45, 7) is 10.5. The van der Waals surface area contributed by atoms with E-state index in [4.69, 9.17) is 0 Å². The summed E-state index contributed by atoms with van der Waals surface area (Å²) in [4.78, 5) is 4.23. The van der Waals surface area contributed by atoms with Gasteiger partial charge < -0.3 is 16.0 Å². The fourth-order valence-electron chi connectivity index (χ4n) is 2.23. The first kappa shape index (κ1) is 17.5. The van der Waals surface area contributed by atoms with Crippen molar-refractivity contribution in [1.82, 2.24) is 16.0 Å². The smallest absolute Gasteiger partial charge is 0.191 e. The second-order valence-corrected chi connectivity index (χ2v) is 6.01. The van der Waals surface area contributed by atoms with Crippen LogP contribution >= 0.6 is 0 Å². The summed E-state index contributed by atoms with van der Waals surface area (Å²) in [7, 11) is 1.80. The SMILES string of the molecule is CCCNC(=NC)NCC(C)(C)NC(C)c1ccccc1. The predicted octanol–water partition coefficient (Wildman–Crippen LogP) is 2.69. The molecule has 1 rings (SSSR count). The van der Waals surface area contributed by atoms with Gasteiger partial charge in [0, 0.05) is 31.7 Å². The minimum atomic E-state index is -0.0287. The molecule has 0 aromatic heterocycles. The lowest BCUT2D eigenvalue weighted by Crippen LogP contribution is -2.52. The fourth-order valence-corrected chi connectivity index (χ4v) is 2.23. The van der Waals surface area contributed by atoms with E-state index in [1.807, 2.05) is 6.07 Å². The maximum absolute atomic E-state index is 4.23. The zero-order chi connectivity index (χ0) is 15.7. The van der Waals surface area contributed by atoms with Gasteiger partial charge in [0.15, 0.2) is 5.96 Å². The lowest BCUT2D eigenvalue weighted by molar-refractivity contribution is 0.345. The molecule has 21 heavy (non-hydrogen) atoms. The highest BCUT2D eigenvalue weighted by Gasteiger charge is 2.21. The third-order valence-corrected chi connectivity index (χ3v) is 3.37. The van der Waals surface area contributed by atoms with Gasteiger partial charge in [-0.05, 0) is 32.8 Å². The zero-order valence-electron chi connectivity index (χ0n) is 14.0. The van der Waals surface area contributed by atoms with Crippen molar-refractivity contribution < 1.29 is 0 Å². The summed E-state index contributed by atoms with van der Waals surface area (Å²) in [6, 6.07) is 10.8. The third-order valence-electron chi connectivity index (χ3n) is 3.37. The number of nitrogens with zero attached hydrogens (tertiary/aromatic N) is 1. The van der Waals surface area contributed by atoms with Gasteiger partial charge >= 0.3 is 0 Å². The molecule has 4 heteroatoms. The molecule has 0 saturated heterocycles. The molecule has 0 aliphatic rings. The van der Waals surface area contributed by atoms with Crippen molar-refractivity contribution in [3.05, 3.63) is 35.9 Å². The Morgan fingerprint density at radius 3 is 2.43 bits per heavy atom. The van der Waals surface area contributed by atoms with Crippen LogP contribution in [0.15, 0.2) is 35.3 Å². The molecule has 0 heterocycles. The Morgan fingerprint density at radius 2 is 1.86 bits per heavy atom. The van der Waals surface area contributed by atoms with Gasteiger partial charge in [0.05, 0.1) is 0 Å². The standard InChI is InChI=1S/C17H30N4/c1-6-12-19-16(18-5)20-13-17(3,4)21-14(2)15-10-8-7-9-11-15/h7-11,14,21H,6,12-13H2,1-5H3,(H2,18,19,20). The lowest BCUT2D eigenvalue weighted by atomic mass is 10.0. The van der Waals surface area contributed by atoms with E-state index in [0.29, 0.717) is 6.04 Å². The summed E-state index contributed by atoms with van der Waals surface area (Å²) in [5.41, 5.74) is 1.28. The van der Waals surface area contributed by atoms with Gasteiger partial charge in [-0.15, -0.1) is 0 Å². The van der Waals surface area contributed by atoms with E-state index >= 15 is 0 Å². The first-order chi connectivity index (χ1) is 9.98. The molecule has 1 atom stereocenters. The van der Waals surface area contributed by atoms with Crippen LogP contribution in [0, 0.1) is 0 Å². The minimum Gasteiger partial charge on any atom is -0.356 e. The molecule has 0 aliphatic heterocycles. The molecule has 0 amide bonds. The highest BCUT2D eigenvalue weighted by Crippen LogP contribution is 2.15. The average molecular weight is 290 g/mol. The molecule has 1 aromatic carbocycles. The van der Waals surface area contributed by atoms with Crippen molar-refractivity contribution in [2.75, 3.05) is 20.1 Å². The van der Waals surface area contributed by atoms with Gasteiger partial charge in [0.25, 0.3) is 0 Å². The molecule has 0 radical (unpaired) electrons. The Bertz CT molecular complexity index is 426. The Balaban J connectivity index is 2.49. The van der Waals surface area contributed by atoms with Crippen molar-refractivity contribution in [3.63, 3.8) is 0 Å². The molecule has 1 aromatic rings. The highest BCUT2D eigenvalue weighted by atomic mass is 15.2. The molecule has 0 aliphatic carbocycles. The summed E-state index contributed by atoms with van der Waals surface area (Å²) >= 11 is 0. The lowest BCUT2D eigenvalue weighted by Gasteiger charge is -2.31. The van der Waals surface area contributed by atoms with Crippen LogP contribution in [0.25, 0.3) is 0 Å². The van der Waals surface area contributed by atoms with Crippen LogP contribution in [-0.2, 0) is 0 Å². The Morgan fingerprint density at radius 1 is 1.19 bits per heavy atom. The minimum absolute atomic E-state index is 0.0287. The number of guanidine groups is 1. The Kier molecular flexibility index (Phi) is 7.23. The zero-order valence-corrected chi connectivity index (χ0v) is 14.0. The molecular weight excluding hydrogens is 260 g/mol. The van der Waals surface area contributed by atoms with E-state index in [-0.39, 0.29) is 5.54 Å². The molecule has 0 bridgehead atoms. The largest absolute Gasteiger partial charge is 0.356 e. The van der Waals surface area contributed by atoms with E-state index < -0.39 is 0 Å². The van der Waals surface area contributed by atoms with Crippen LogP contribution in [0.5, 0.6) is 0 Å². The van der Waals surface area contributed by atoms with E-state index in [0.717, 1.165) is 25.5 Å². The number of aliphatic imine (C=N–C) groups is 1. The monoisotopic (exact) mass is 290 g/mol. The van der Waals surface area contributed by atoms with Crippen molar-refractivity contribution >= 4 is 5.96 Å². The number of benzene rings is 1. The fraction of sp³-hybridized carbons (Fsp3) is 0.588. The van der Waals surface area contributed by atoms with Crippen LogP contribution in [-0.4, -0.2) is 31.6 Å². The summed E-state index contributed by atoms with van der Waals surface area (Å²) in [6.07, 6.45) is 1.09. The van der Waals surface area contributed by atoms with E-state index in [1.165, 1.54) is 5.56 Å². The molecule has 0 fully saturated rings. The Labute approximate surface area is 129 Å². The van der Waals surface area contributed by atoms with Crippen molar-refractivity contribution in [3.8, 4) is 0 Å². The second-order valence-electron chi connectivity index (χ2n) is 6.01. The molecule has 0 spiro atoms. The van der Waals surface area contributed by atoms with Gasteiger partial charge in [-0.2, -0.15) is 0 Å².